The van der Waals surface area contributed by atoms with E-state index in [1.54, 1.807) is 13.2 Å². The first kappa shape index (κ1) is 29.4. The van der Waals surface area contributed by atoms with Crippen molar-refractivity contribution >= 4 is 17.5 Å². The van der Waals surface area contributed by atoms with Crippen LogP contribution in [0.5, 0.6) is 11.5 Å². The summed E-state index contributed by atoms with van der Waals surface area (Å²) in [5.41, 5.74) is 3.86. The number of ether oxygens (including phenoxy) is 3. The highest BCUT2D eigenvalue weighted by Crippen LogP contribution is 2.29. The van der Waals surface area contributed by atoms with E-state index in [9.17, 15) is 4.79 Å². The van der Waals surface area contributed by atoms with Gasteiger partial charge in [0.25, 0.3) is 0 Å². The molecule has 0 amide bonds. The maximum Gasteiger partial charge on any atom is 0.337 e. The number of carboxylic acids is 1. The monoisotopic (exact) mass is 506 g/mol. The Morgan fingerprint density at radius 1 is 0.973 bits per heavy atom. The van der Waals surface area contributed by atoms with Crippen LogP contribution < -0.4 is 14.8 Å². The van der Waals surface area contributed by atoms with Crippen LogP contribution in [-0.4, -0.2) is 42.0 Å². The highest BCUT2D eigenvalue weighted by Gasteiger charge is 2.13. The molecule has 3 rings (SSSR count). The zero-order chi connectivity index (χ0) is 27.4. The van der Waals surface area contributed by atoms with Gasteiger partial charge >= 0.3 is 5.97 Å². The number of carboxylic acid groups (broad SMARTS) is 1. The summed E-state index contributed by atoms with van der Waals surface area (Å²) in [6, 6.07) is 17.1. The van der Waals surface area contributed by atoms with E-state index < -0.39 is 5.97 Å². The molecule has 0 saturated carbocycles. The molecule has 7 nitrogen and oxygen atoms in total. The van der Waals surface area contributed by atoms with E-state index in [-0.39, 0.29) is 17.8 Å². The number of pyridine rings is 1. The molecule has 7 heteroatoms. The number of rotatable bonds is 12. The average Bonchev–Trinajstić information content (AvgIpc) is 2.87. The van der Waals surface area contributed by atoms with Gasteiger partial charge in [0.05, 0.1) is 18.3 Å². The number of nitrogens with zero attached hydrogens (tertiary/aromatic N) is 1. The number of carbonyl (C=O) groups is 1. The number of aromatic carboxylic acids is 1. The molecule has 2 aromatic carbocycles. The second-order valence-electron chi connectivity index (χ2n) is 8.54. The lowest BCUT2D eigenvalue weighted by Crippen LogP contribution is -2.18. The predicted octanol–water partition coefficient (Wildman–Crippen LogP) is 6.62. The molecule has 0 aliphatic heterocycles. The van der Waals surface area contributed by atoms with Crippen molar-refractivity contribution < 1.29 is 24.1 Å². The van der Waals surface area contributed by atoms with Crippen molar-refractivity contribution in [2.24, 2.45) is 0 Å². The Labute approximate surface area is 220 Å². The molecular formula is C30H38N2O5. The molecule has 0 fully saturated rings. The molecule has 0 bridgehead atoms. The van der Waals surface area contributed by atoms with Crippen LogP contribution >= 0.6 is 0 Å². The minimum atomic E-state index is -1.03. The van der Waals surface area contributed by atoms with Crippen molar-refractivity contribution in [2.75, 3.05) is 19.0 Å². The van der Waals surface area contributed by atoms with Gasteiger partial charge in [-0.2, -0.15) is 0 Å². The van der Waals surface area contributed by atoms with E-state index in [1.165, 1.54) is 23.4 Å². The molecule has 3 aromatic rings. The fraction of sp³-hybridized carbons (Fsp3) is 0.333. The number of methoxy groups -OCH3 is 1. The number of hydrogen-bond acceptors (Lipinski definition) is 6. The quantitative estimate of drug-likeness (QED) is 0.285. The number of nitrogens with one attached hydrogen (secondary N) is 1. The summed E-state index contributed by atoms with van der Waals surface area (Å²) < 4.78 is 17.5. The Morgan fingerprint density at radius 3 is 2.14 bits per heavy atom. The smallest absolute Gasteiger partial charge is 0.337 e. The van der Waals surface area contributed by atoms with Crippen LogP contribution in [0, 0.1) is 6.92 Å². The largest absolute Gasteiger partial charge is 0.490 e. The van der Waals surface area contributed by atoms with Crippen LogP contribution in [0.4, 0.5) is 5.82 Å². The van der Waals surface area contributed by atoms with Gasteiger partial charge in [-0.15, -0.1) is 0 Å². The molecule has 0 spiro atoms. The third-order valence-corrected chi connectivity index (χ3v) is 5.24. The molecule has 37 heavy (non-hydrogen) atoms. The number of benzene rings is 2. The third-order valence-electron chi connectivity index (χ3n) is 5.24. The SMILES string of the molecule is C=C(Nc1ccc(C(=O)O)cn1)c1cc(OC(C)COC)cc(OC(C)Cc2ccc(C)cc2)c1.CC. The van der Waals surface area contributed by atoms with Gasteiger partial charge < -0.3 is 24.6 Å². The summed E-state index contributed by atoms with van der Waals surface area (Å²) >= 11 is 0. The maximum atomic E-state index is 11.1. The Morgan fingerprint density at radius 2 is 1.59 bits per heavy atom. The topological polar surface area (TPSA) is 89.9 Å². The van der Waals surface area contributed by atoms with Crippen LogP contribution in [-0.2, 0) is 11.2 Å². The van der Waals surface area contributed by atoms with Gasteiger partial charge in [-0.05, 0) is 50.6 Å². The van der Waals surface area contributed by atoms with Crippen molar-refractivity contribution in [3.05, 3.63) is 89.6 Å². The summed E-state index contributed by atoms with van der Waals surface area (Å²) in [7, 11) is 1.63. The van der Waals surface area contributed by atoms with Crippen molar-refractivity contribution in [1.29, 1.82) is 0 Å². The summed E-state index contributed by atoms with van der Waals surface area (Å²) in [4.78, 5) is 15.2. The summed E-state index contributed by atoms with van der Waals surface area (Å²) in [5, 5.41) is 12.2. The van der Waals surface area contributed by atoms with Crippen molar-refractivity contribution in [1.82, 2.24) is 4.98 Å². The van der Waals surface area contributed by atoms with Crippen LogP contribution in [0.2, 0.25) is 0 Å². The molecule has 0 aliphatic rings. The fourth-order valence-corrected chi connectivity index (χ4v) is 3.53. The number of aryl methyl sites for hydroxylation is 1. The van der Waals surface area contributed by atoms with Gasteiger partial charge in [-0.3, -0.25) is 0 Å². The zero-order valence-corrected chi connectivity index (χ0v) is 22.6. The van der Waals surface area contributed by atoms with Crippen molar-refractivity contribution in [3.8, 4) is 11.5 Å². The van der Waals surface area contributed by atoms with Gasteiger partial charge in [0.1, 0.15) is 23.4 Å². The van der Waals surface area contributed by atoms with E-state index in [4.69, 9.17) is 19.3 Å². The highest BCUT2D eigenvalue weighted by molar-refractivity contribution is 5.87. The Balaban J connectivity index is 0.00000235. The molecule has 0 saturated heterocycles. The highest BCUT2D eigenvalue weighted by atomic mass is 16.5. The second-order valence-corrected chi connectivity index (χ2v) is 8.54. The molecule has 0 radical (unpaired) electrons. The van der Waals surface area contributed by atoms with Gasteiger partial charge in [0, 0.05) is 37.1 Å². The number of aromatic nitrogens is 1. The Hall–Kier alpha value is -3.84. The third kappa shape index (κ3) is 9.61. The summed E-state index contributed by atoms with van der Waals surface area (Å²) in [6.45, 7) is 14.6. The Kier molecular flexibility index (Phi) is 11.6. The lowest BCUT2D eigenvalue weighted by molar-refractivity contribution is 0.0696. The van der Waals surface area contributed by atoms with Gasteiger partial charge in [-0.1, -0.05) is 50.3 Å². The zero-order valence-electron chi connectivity index (χ0n) is 22.6. The van der Waals surface area contributed by atoms with Gasteiger partial charge in [0.2, 0.25) is 0 Å². The van der Waals surface area contributed by atoms with E-state index in [0.29, 0.717) is 29.6 Å². The standard InChI is InChI=1S/C28H32N2O5.C2H6/c1-18-6-8-22(9-7-18)12-19(2)34-25-13-24(14-26(15-25)35-20(3)17-33-5)21(4)30-27-11-10-23(16-29-27)28(31)32;1-2/h6-11,13-16,19-20H,4,12,17H2,1-3,5H3,(H,29,30)(H,31,32);1-2H3. The van der Waals surface area contributed by atoms with E-state index in [2.05, 4.69) is 48.1 Å². The first-order valence-electron chi connectivity index (χ1n) is 12.4. The molecule has 0 aliphatic carbocycles. The fourth-order valence-electron chi connectivity index (χ4n) is 3.53. The lowest BCUT2D eigenvalue weighted by Gasteiger charge is -2.20. The van der Waals surface area contributed by atoms with E-state index >= 15 is 0 Å². The van der Waals surface area contributed by atoms with Gasteiger partial charge in [-0.25, -0.2) is 9.78 Å². The Bertz CT molecular complexity index is 1140. The van der Waals surface area contributed by atoms with Gasteiger partial charge in [0.15, 0.2) is 0 Å². The molecule has 198 valence electrons. The normalized spacial score (nSPS) is 11.9. The molecule has 2 atom stereocenters. The van der Waals surface area contributed by atoms with E-state index in [1.807, 2.05) is 45.9 Å². The summed E-state index contributed by atoms with van der Waals surface area (Å²) in [5.74, 6) is 0.731. The van der Waals surface area contributed by atoms with Crippen molar-refractivity contribution in [2.45, 2.75) is 53.2 Å². The first-order valence-corrected chi connectivity index (χ1v) is 12.4. The molecular weight excluding hydrogens is 468 g/mol. The van der Waals surface area contributed by atoms with E-state index in [0.717, 1.165) is 12.0 Å². The van der Waals surface area contributed by atoms with Crippen LogP contribution in [0.1, 0.15) is 54.7 Å². The van der Waals surface area contributed by atoms with Crippen LogP contribution in [0.3, 0.4) is 0 Å². The van der Waals surface area contributed by atoms with Crippen molar-refractivity contribution in [3.63, 3.8) is 0 Å². The second kappa shape index (κ2) is 14.7. The molecule has 2 unspecified atom stereocenters. The number of anilines is 1. The summed E-state index contributed by atoms with van der Waals surface area (Å²) in [6.07, 6.45) is 1.84. The number of hydrogen-bond donors (Lipinski definition) is 2. The minimum Gasteiger partial charge on any atom is -0.490 e. The molecule has 1 aromatic heterocycles. The lowest BCUT2D eigenvalue weighted by atomic mass is 10.1. The van der Waals surface area contributed by atoms with Crippen LogP contribution in [0.25, 0.3) is 5.70 Å². The first-order chi connectivity index (χ1) is 17.7. The molecule has 2 N–H and O–H groups in total. The minimum absolute atomic E-state index is 0.0661. The maximum absolute atomic E-state index is 11.1. The predicted molar refractivity (Wildman–Crippen MR) is 149 cm³/mol. The van der Waals surface area contributed by atoms with Crippen LogP contribution in [0.15, 0.2) is 67.4 Å². The molecule has 1 heterocycles. The average molecular weight is 507 g/mol.